The van der Waals surface area contributed by atoms with Crippen LogP contribution >= 0.6 is 0 Å². The lowest BCUT2D eigenvalue weighted by atomic mass is 10.1. The van der Waals surface area contributed by atoms with E-state index in [4.69, 9.17) is 9.26 Å². The van der Waals surface area contributed by atoms with E-state index in [-0.39, 0.29) is 0 Å². The summed E-state index contributed by atoms with van der Waals surface area (Å²) in [5.41, 5.74) is 0.995. The van der Waals surface area contributed by atoms with Crippen molar-refractivity contribution in [2.24, 2.45) is 0 Å². The van der Waals surface area contributed by atoms with Crippen molar-refractivity contribution < 1.29 is 9.26 Å². The third kappa shape index (κ3) is 5.77. The van der Waals surface area contributed by atoms with E-state index in [1.165, 1.54) is 12.8 Å². The SMILES string of the molecule is CCCNCc1cc(CN2CCCC(OCCC)C2)on1. The standard InChI is InChI=1S/C16H29N3O2/c1-3-7-17-11-14-10-16(21-18-14)13-19-8-5-6-15(12-19)20-9-4-2/h10,15,17H,3-9,11-13H2,1-2H3. The highest BCUT2D eigenvalue weighted by Gasteiger charge is 2.21. The second-order valence-electron chi connectivity index (χ2n) is 5.83. The molecule has 1 saturated heterocycles. The molecule has 1 aliphatic rings. The van der Waals surface area contributed by atoms with Crippen molar-refractivity contribution in [3.05, 3.63) is 17.5 Å². The molecule has 1 fully saturated rings. The topological polar surface area (TPSA) is 50.5 Å². The Kier molecular flexibility index (Phi) is 7.19. The molecule has 0 aromatic carbocycles. The Morgan fingerprint density at radius 2 is 2.33 bits per heavy atom. The van der Waals surface area contributed by atoms with Crippen LogP contribution in [0.1, 0.15) is 51.0 Å². The molecule has 5 nitrogen and oxygen atoms in total. The summed E-state index contributed by atoms with van der Waals surface area (Å²) in [6.45, 7) is 9.96. The second-order valence-corrected chi connectivity index (χ2v) is 5.83. The summed E-state index contributed by atoms with van der Waals surface area (Å²) in [7, 11) is 0. The van der Waals surface area contributed by atoms with E-state index < -0.39 is 0 Å². The fourth-order valence-corrected chi connectivity index (χ4v) is 2.70. The lowest BCUT2D eigenvalue weighted by Gasteiger charge is -2.31. The number of piperidine rings is 1. The van der Waals surface area contributed by atoms with Gasteiger partial charge in [0.15, 0.2) is 5.76 Å². The molecule has 0 radical (unpaired) electrons. The van der Waals surface area contributed by atoms with Gasteiger partial charge in [-0.25, -0.2) is 0 Å². The van der Waals surface area contributed by atoms with Gasteiger partial charge >= 0.3 is 0 Å². The minimum absolute atomic E-state index is 0.382. The first-order valence-electron chi connectivity index (χ1n) is 8.31. The number of aromatic nitrogens is 1. The van der Waals surface area contributed by atoms with Gasteiger partial charge < -0.3 is 14.6 Å². The van der Waals surface area contributed by atoms with E-state index in [1.807, 2.05) is 0 Å². The summed E-state index contributed by atoms with van der Waals surface area (Å²) in [4.78, 5) is 2.41. The third-order valence-corrected chi connectivity index (χ3v) is 3.74. The van der Waals surface area contributed by atoms with Gasteiger partial charge in [0.25, 0.3) is 0 Å². The van der Waals surface area contributed by atoms with Crippen LogP contribution in [-0.4, -0.2) is 42.4 Å². The molecular weight excluding hydrogens is 266 g/mol. The maximum absolute atomic E-state index is 5.87. The van der Waals surface area contributed by atoms with Crippen LogP contribution in [-0.2, 0) is 17.8 Å². The van der Waals surface area contributed by atoms with E-state index in [2.05, 4.69) is 35.3 Å². The zero-order chi connectivity index (χ0) is 14.9. The average Bonchev–Trinajstić information content (AvgIpc) is 2.93. The summed E-state index contributed by atoms with van der Waals surface area (Å²) in [6, 6.07) is 2.07. The largest absolute Gasteiger partial charge is 0.377 e. The monoisotopic (exact) mass is 295 g/mol. The molecule has 5 heteroatoms. The van der Waals surface area contributed by atoms with Gasteiger partial charge in [0, 0.05) is 25.8 Å². The number of hydrogen-bond donors (Lipinski definition) is 1. The maximum atomic E-state index is 5.87. The Hall–Kier alpha value is -0.910. The zero-order valence-electron chi connectivity index (χ0n) is 13.4. The van der Waals surface area contributed by atoms with Gasteiger partial charge in [0.1, 0.15) is 0 Å². The summed E-state index contributed by atoms with van der Waals surface area (Å²) < 4.78 is 11.3. The highest BCUT2D eigenvalue weighted by atomic mass is 16.5. The Balaban J connectivity index is 1.75. The Bertz CT molecular complexity index is 395. The molecule has 21 heavy (non-hydrogen) atoms. The van der Waals surface area contributed by atoms with Gasteiger partial charge in [-0.15, -0.1) is 0 Å². The molecule has 1 unspecified atom stereocenters. The highest BCUT2D eigenvalue weighted by Crippen LogP contribution is 2.16. The number of rotatable bonds is 9. The van der Waals surface area contributed by atoms with Gasteiger partial charge in [0.2, 0.25) is 0 Å². The lowest BCUT2D eigenvalue weighted by molar-refractivity contribution is -0.00413. The van der Waals surface area contributed by atoms with Crippen LogP contribution in [0, 0.1) is 0 Å². The molecule has 1 aromatic heterocycles. The van der Waals surface area contributed by atoms with Crippen LogP contribution in [0.25, 0.3) is 0 Å². The van der Waals surface area contributed by atoms with E-state index in [9.17, 15) is 0 Å². The van der Waals surface area contributed by atoms with E-state index in [0.29, 0.717) is 6.10 Å². The summed E-state index contributed by atoms with van der Waals surface area (Å²) >= 11 is 0. The summed E-state index contributed by atoms with van der Waals surface area (Å²) in [5.74, 6) is 0.958. The molecule has 0 spiro atoms. The first kappa shape index (κ1) is 16.5. The van der Waals surface area contributed by atoms with Crippen molar-refractivity contribution in [2.45, 2.75) is 58.7 Å². The molecule has 0 amide bonds. The van der Waals surface area contributed by atoms with E-state index >= 15 is 0 Å². The Morgan fingerprint density at radius 1 is 1.43 bits per heavy atom. The molecule has 1 aliphatic heterocycles. The van der Waals surface area contributed by atoms with Crippen LogP contribution < -0.4 is 5.32 Å². The number of hydrogen-bond acceptors (Lipinski definition) is 5. The molecule has 1 aromatic rings. The normalized spacial score (nSPS) is 20.0. The first-order valence-corrected chi connectivity index (χ1v) is 8.31. The fraction of sp³-hybridized carbons (Fsp3) is 0.812. The third-order valence-electron chi connectivity index (χ3n) is 3.74. The molecule has 2 heterocycles. The van der Waals surface area contributed by atoms with Gasteiger partial charge in [-0.3, -0.25) is 4.90 Å². The molecule has 0 bridgehead atoms. The van der Waals surface area contributed by atoms with Gasteiger partial charge in [-0.2, -0.15) is 0 Å². The van der Waals surface area contributed by atoms with Crippen LogP contribution in [0.4, 0.5) is 0 Å². The van der Waals surface area contributed by atoms with Crippen molar-refractivity contribution in [2.75, 3.05) is 26.2 Å². The Labute approximate surface area is 128 Å². The molecule has 120 valence electrons. The second kappa shape index (κ2) is 9.18. The Morgan fingerprint density at radius 3 is 3.14 bits per heavy atom. The number of nitrogens with zero attached hydrogens (tertiary/aromatic N) is 2. The molecule has 0 saturated carbocycles. The molecule has 2 rings (SSSR count). The predicted molar refractivity (Wildman–Crippen MR) is 83.0 cm³/mol. The predicted octanol–water partition coefficient (Wildman–Crippen LogP) is 2.57. The summed E-state index contributed by atoms with van der Waals surface area (Å²) in [5, 5.41) is 7.47. The lowest BCUT2D eigenvalue weighted by Crippen LogP contribution is -2.39. The first-order chi connectivity index (χ1) is 10.3. The highest BCUT2D eigenvalue weighted by molar-refractivity contribution is 5.05. The van der Waals surface area contributed by atoms with Crippen molar-refractivity contribution in [1.29, 1.82) is 0 Å². The van der Waals surface area contributed by atoms with Crippen LogP contribution in [0.5, 0.6) is 0 Å². The summed E-state index contributed by atoms with van der Waals surface area (Å²) in [6.07, 6.45) is 4.99. The van der Waals surface area contributed by atoms with Crippen molar-refractivity contribution in [1.82, 2.24) is 15.4 Å². The van der Waals surface area contributed by atoms with Gasteiger partial charge in [-0.1, -0.05) is 19.0 Å². The number of likely N-dealkylation sites (tertiary alicyclic amines) is 1. The van der Waals surface area contributed by atoms with E-state index in [1.54, 1.807) is 0 Å². The molecule has 1 atom stereocenters. The van der Waals surface area contributed by atoms with Crippen molar-refractivity contribution in [3.63, 3.8) is 0 Å². The quantitative estimate of drug-likeness (QED) is 0.710. The van der Waals surface area contributed by atoms with Crippen LogP contribution in [0.2, 0.25) is 0 Å². The van der Waals surface area contributed by atoms with Crippen molar-refractivity contribution >= 4 is 0 Å². The minimum Gasteiger partial charge on any atom is -0.377 e. The van der Waals surface area contributed by atoms with Crippen LogP contribution in [0.15, 0.2) is 10.6 Å². The van der Waals surface area contributed by atoms with Crippen LogP contribution in [0.3, 0.4) is 0 Å². The van der Waals surface area contributed by atoms with Crippen molar-refractivity contribution in [3.8, 4) is 0 Å². The fourth-order valence-electron chi connectivity index (χ4n) is 2.70. The molecule has 0 aliphatic carbocycles. The number of nitrogens with one attached hydrogen (secondary N) is 1. The molecule has 1 N–H and O–H groups in total. The molecular formula is C16H29N3O2. The number of ether oxygens (including phenoxy) is 1. The minimum atomic E-state index is 0.382. The smallest absolute Gasteiger partial charge is 0.151 e. The average molecular weight is 295 g/mol. The van der Waals surface area contributed by atoms with E-state index in [0.717, 1.165) is 63.6 Å². The zero-order valence-corrected chi connectivity index (χ0v) is 13.4. The maximum Gasteiger partial charge on any atom is 0.151 e. The van der Waals surface area contributed by atoms with Gasteiger partial charge in [-0.05, 0) is 38.8 Å². The van der Waals surface area contributed by atoms with Gasteiger partial charge in [0.05, 0.1) is 18.3 Å².